The topological polar surface area (TPSA) is 58.6 Å². The Bertz CT molecular complexity index is 996. The molecule has 1 saturated heterocycles. The van der Waals surface area contributed by atoms with Crippen molar-refractivity contribution in [1.82, 2.24) is 14.9 Å². The quantitative estimate of drug-likeness (QED) is 0.673. The van der Waals surface area contributed by atoms with Crippen LogP contribution in [-0.2, 0) is 22.5 Å². The molecule has 168 valence electrons. The first-order chi connectivity index (χ1) is 15.7. The lowest BCUT2D eigenvalue weighted by molar-refractivity contribution is -0.119. The summed E-state index contributed by atoms with van der Waals surface area (Å²) in [5.74, 6) is 2.25. The number of ether oxygens (including phenoxy) is 1. The van der Waals surface area contributed by atoms with Gasteiger partial charge in [0.15, 0.2) is 0 Å². The van der Waals surface area contributed by atoms with Crippen LogP contribution in [0.2, 0.25) is 0 Å². The van der Waals surface area contributed by atoms with E-state index in [0.29, 0.717) is 18.9 Å². The highest BCUT2D eigenvalue weighted by Gasteiger charge is 2.30. The Morgan fingerprint density at radius 3 is 2.62 bits per heavy atom. The maximum Gasteiger partial charge on any atom is 0.228 e. The number of aromatic nitrogens is 2. The number of aryl methyl sites for hydroxylation is 1. The minimum absolute atomic E-state index is 0.156. The molecule has 2 aromatic rings. The molecular formula is C26H32N4O2. The Morgan fingerprint density at radius 1 is 1.06 bits per heavy atom. The number of carbonyl (C=O) groups is 1. The number of benzene rings is 1. The molecule has 0 saturated carbocycles. The number of likely N-dealkylation sites (tertiary alicyclic amines) is 1. The highest BCUT2D eigenvalue weighted by atomic mass is 16.5. The second-order valence-corrected chi connectivity index (χ2v) is 9.19. The number of fused-ring (bicyclic) bond motifs is 1. The van der Waals surface area contributed by atoms with Gasteiger partial charge in [-0.25, -0.2) is 9.97 Å². The molecule has 3 aliphatic heterocycles. The molecule has 1 aromatic carbocycles. The standard InChI is InChI=1S/C26H32N4O2/c1-19-23-9-10-24(31)30(17-20-6-3-2-4-7-20)26(23)28-25(27-19)22-11-13-29(14-12-22)16-21-8-5-15-32-18-21/h2-4,6-8,22H,5,9-18H2,1H3. The molecular weight excluding hydrogens is 400 g/mol. The molecule has 0 spiro atoms. The zero-order valence-corrected chi connectivity index (χ0v) is 18.9. The predicted molar refractivity (Wildman–Crippen MR) is 125 cm³/mol. The second-order valence-electron chi connectivity index (χ2n) is 9.19. The molecule has 4 heterocycles. The normalized spacial score (nSPS) is 20.2. The Hall–Kier alpha value is -2.57. The van der Waals surface area contributed by atoms with Crippen LogP contribution in [0.25, 0.3) is 0 Å². The van der Waals surface area contributed by atoms with E-state index in [1.165, 1.54) is 5.57 Å². The van der Waals surface area contributed by atoms with Gasteiger partial charge in [0, 0.05) is 30.1 Å². The van der Waals surface area contributed by atoms with Gasteiger partial charge in [0.25, 0.3) is 0 Å². The van der Waals surface area contributed by atoms with Crippen LogP contribution >= 0.6 is 0 Å². The first kappa shape index (κ1) is 21.3. The third kappa shape index (κ3) is 4.62. The molecule has 5 rings (SSSR count). The fourth-order valence-corrected chi connectivity index (χ4v) is 5.07. The van der Waals surface area contributed by atoms with Crippen molar-refractivity contribution in [2.75, 3.05) is 37.7 Å². The van der Waals surface area contributed by atoms with Gasteiger partial charge in [0.05, 0.1) is 19.8 Å². The van der Waals surface area contributed by atoms with Crippen molar-refractivity contribution in [2.24, 2.45) is 0 Å². The summed E-state index contributed by atoms with van der Waals surface area (Å²) in [5, 5.41) is 0. The molecule has 1 amide bonds. The minimum Gasteiger partial charge on any atom is -0.377 e. The maximum atomic E-state index is 12.8. The first-order valence-electron chi connectivity index (χ1n) is 11.9. The summed E-state index contributed by atoms with van der Waals surface area (Å²) < 4.78 is 5.59. The summed E-state index contributed by atoms with van der Waals surface area (Å²) in [6.45, 7) is 7.38. The van der Waals surface area contributed by atoms with Crippen molar-refractivity contribution in [2.45, 2.75) is 51.5 Å². The van der Waals surface area contributed by atoms with Gasteiger partial charge in [-0.2, -0.15) is 0 Å². The summed E-state index contributed by atoms with van der Waals surface area (Å²) in [6, 6.07) is 10.2. The number of rotatable bonds is 5. The minimum atomic E-state index is 0.156. The highest BCUT2D eigenvalue weighted by molar-refractivity contribution is 5.95. The molecule has 1 fully saturated rings. The average molecular weight is 433 g/mol. The molecule has 1 aromatic heterocycles. The Morgan fingerprint density at radius 2 is 1.88 bits per heavy atom. The number of carbonyl (C=O) groups excluding carboxylic acids is 1. The lowest BCUT2D eigenvalue weighted by atomic mass is 9.94. The lowest BCUT2D eigenvalue weighted by Crippen LogP contribution is -2.38. The van der Waals surface area contributed by atoms with E-state index < -0.39 is 0 Å². The molecule has 0 radical (unpaired) electrons. The van der Waals surface area contributed by atoms with Crippen LogP contribution < -0.4 is 4.90 Å². The van der Waals surface area contributed by atoms with Gasteiger partial charge < -0.3 is 4.74 Å². The van der Waals surface area contributed by atoms with E-state index in [4.69, 9.17) is 14.7 Å². The van der Waals surface area contributed by atoms with Crippen LogP contribution in [0.15, 0.2) is 42.0 Å². The van der Waals surface area contributed by atoms with Crippen LogP contribution in [0.5, 0.6) is 0 Å². The zero-order chi connectivity index (χ0) is 21.9. The largest absolute Gasteiger partial charge is 0.377 e. The molecule has 0 atom stereocenters. The molecule has 0 bridgehead atoms. The predicted octanol–water partition coefficient (Wildman–Crippen LogP) is 3.79. The summed E-state index contributed by atoms with van der Waals surface area (Å²) in [5.41, 5.74) is 4.69. The highest BCUT2D eigenvalue weighted by Crippen LogP contribution is 2.33. The Labute approximate surface area is 190 Å². The van der Waals surface area contributed by atoms with Crippen LogP contribution in [0, 0.1) is 6.92 Å². The van der Waals surface area contributed by atoms with Crippen molar-refractivity contribution >= 4 is 11.7 Å². The molecule has 6 heteroatoms. The van der Waals surface area contributed by atoms with Crippen LogP contribution in [0.4, 0.5) is 5.82 Å². The van der Waals surface area contributed by atoms with Crippen molar-refractivity contribution in [1.29, 1.82) is 0 Å². The van der Waals surface area contributed by atoms with E-state index in [2.05, 4.69) is 30.0 Å². The third-order valence-electron chi connectivity index (χ3n) is 6.90. The number of hydrogen-bond donors (Lipinski definition) is 0. The van der Waals surface area contributed by atoms with Crippen LogP contribution in [-0.4, -0.2) is 53.6 Å². The number of anilines is 1. The van der Waals surface area contributed by atoms with Gasteiger partial charge in [-0.3, -0.25) is 14.6 Å². The van der Waals surface area contributed by atoms with Crippen molar-refractivity contribution in [3.63, 3.8) is 0 Å². The average Bonchev–Trinajstić information content (AvgIpc) is 2.83. The van der Waals surface area contributed by atoms with Crippen molar-refractivity contribution in [3.05, 3.63) is 64.6 Å². The van der Waals surface area contributed by atoms with E-state index in [1.54, 1.807) is 0 Å². The summed E-state index contributed by atoms with van der Waals surface area (Å²) in [4.78, 5) is 27.2. The first-order valence-corrected chi connectivity index (χ1v) is 11.9. The Kier molecular flexibility index (Phi) is 6.32. The van der Waals surface area contributed by atoms with Crippen LogP contribution in [0.3, 0.4) is 0 Å². The van der Waals surface area contributed by atoms with E-state index in [9.17, 15) is 4.79 Å². The number of amides is 1. The molecule has 0 aliphatic carbocycles. The lowest BCUT2D eigenvalue weighted by Gasteiger charge is -2.34. The summed E-state index contributed by atoms with van der Waals surface area (Å²) in [7, 11) is 0. The number of piperidine rings is 1. The maximum absolute atomic E-state index is 12.8. The third-order valence-corrected chi connectivity index (χ3v) is 6.90. The molecule has 6 nitrogen and oxygen atoms in total. The van der Waals surface area contributed by atoms with E-state index in [1.807, 2.05) is 23.1 Å². The number of nitrogens with zero attached hydrogens (tertiary/aromatic N) is 4. The molecule has 0 N–H and O–H groups in total. The van der Waals surface area contributed by atoms with Gasteiger partial charge in [-0.15, -0.1) is 0 Å². The smallest absolute Gasteiger partial charge is 0.228 e. The molecule has 32 heavy (non-hydrogen) atoms. The number of hydrogen-bond acceptors (Lipinski definition) is 5. The second kappa shape index (κ2) is 9.51. The molecule has 3 aliphatic rings. The van der Waals surface area contributed by atoms with E-state index in [-0.39, 0.29) is 5.91 Å². The summed E-state index contributed by atoms with van der Waals surface area (Å²) >= 11 is 0. The SMILES string of the molecule is Cc1nc(C2CCN(CC3=CCCOC3)CC2)nc2c1CCC(=O)N2Cc1ccccc1. The monoisotopic (exact) mass is 432 g/mol. The van der Waals surface area contributed by atoms with Gasteiger partial charge in [-0.1, -0.05) is 36.4 Å². The molecule has 0 unspecified atom stereocenters. The van der Waals surface area contributed by atoms with E-state index >= 15 is 0 Å². The van der Waals surface area contributed by atoms with Crippen molar-refractivity contribution < 1.29 is 9.53 Å². The van der Waals surface area contributed by atoms with E-state index in [0.717, 1.165) is 87.0 Å². The van der Waals surface area contributed by atoms with Gasteiger partial charge in [0.1, 0.15) is 11.6 Å². The van der Waals surface area contributed by atoms with Crippen molar-refractivity contribution in [3.8, 4) is 0 Å². The Balaban J connectivity index is 1.32. The zero-order valence-electron chi connectivity index (χ0n) is 18.9. The van der Waals surface area contributed by atoms with Crippen LogP contribution in [0.1, 0.15) is 54.2 Å². The fraction of sp³-hybridized carbons (Fsp3) is 0.500. The van der Waals surface area contributed by atoms with Gasteiger partial charge in [-0.05, 0) is 56.8 Å². The van der Waals surface area contributed by atoms with Gasteiger partial charge in [0.2, 0.25) is 5.91 Å². The van der Waals surface area contributed by atoms with Gasteiger partial charge >= 0.3 is 0 Å². The summed E-state index contributed by atoms with van der Waals surface area (Å²) in [6.07, 6.45) is 6.75. The fourth-order valence-electron chi connectivity index (χ4n) is 5.07.